The summed E-state index contributed by atoms with van der Waals surface area (Å²) in [5.74, 6) is 7.52. The molecule has 6 rings (SSSR count). The lowest BCUT2D eigenvalue weighted by Crippen LogP contribution is -3.01. The van der Waals surface area contributed by atoms with Crippen LogP contribution in [0.5, 0.6) is 0 Å². The minimum atomic E-state index is 0.667. The SMILES string of the molecule is CC1CC2(C)C1C1C3C4C5CC(C)C5(C)C4(C)C3(C)C12C. The van der Waals surface area contributed by atoms with Gasteiger partial charge in [0.25, 0.3) is 0 Å². The Bertz CT molecular complexity index is 607. The zero-order chi connectivity index (χ0) is 15.0. The van der Waals surface area contributed by atoms with E-state index in [1.165, 1.54) is 6.42 Å². The van der Waals surface area contributed by atoms with Crippen molar-refractivity contribution in [3.05, 3.63) is 0 Å². The topological polar surface area (TPSA) is 0 Å². The monoisotopic (exact) mass is 284 g/mol. The largest absolute Gasteiger partial charge is 0.0622 e. The fraction of sp³-hybridized carbons (Fsp3) is 1.00. The molecule has 0 aromatic heterocycles. The maximum absolute atomic E-state index is 2.74. The van der Waals surface area contributed by atoms with Crippen LogP contribution in [0.2, 0.25) is 0 Å². The summed E-state index contributed by atoms with van der Waals surface area (Å²) in [5, 5.41) is 0. The van der Waals surface area contributed by atoms with Crippen LogP contribution in [0.25, 0.3) is 0 Å². The smallest absolute Gasteiger partial charge is 0.0167 e. The van der Waals surface area contributed by atoms with Crippen molar-refractivity contribution in [2.75, 3.05) is 0 Å². The van der Waals surface area contributed by atoms with Gasteiger partial charge < -0.3 is 0 Å². The van der Waals surface area contributed by atoms with Gasteiger partial charge in [0, 0.05) is 0 Å². The van der Waals surface area contributed by atoms with Crippen LogP contribution in [0.4, 0.5) is 0 Å². The van der Waals surface area contributed by atoms with Crippen LogP contribution >= 0.6 is 0 Å². The van der Waals surface area contributed by atoms with E-state index in [9.17, 15) is 0 Å². The van der Waals surface area contributed by atoms with Crippen molar-refractivity contribution >= 4 is 0 Å². The summed E-state index contributed by atoms with van der Waals surface area (Å²) in [6, 6.07) is 0. The molecule has 0 heterocycles. The van der Waals surface area contributed by atoms with Gasteiger partial charge in [0.15, 0.2) is 0 Å². The van der Waals surface area contributed by atoms with Crippen LogP contribution in [0.1, 0.15) is 61.3 Å². The maximum Gasteiger partial charge on any atom is -0.0167 e. The zero-order valence-electron chi connectivity index (χ0n) is 15.0. The van der Waals surface area contributed by atoms with E-state index < -0.39 is 0 Å². The molecule has 6 saturated carbocycles. The molecule has 0 nitrogen and oxygen atoms in total. The Morgan fingerprint density at radius 1 is 0.714 bits per heavy atom. The second-order valence-electron chi connectivity index (χ2n) is 11.3. The first-order chi connectivity index (χ1) is 9.63. The van der Waals surface area contributed by atoms with Crippen molar-refractivity contribution in [3.8, 4) is 0 Å². The Kier molecular flexibility index (Phi) is 1.52. The average Bonchev–Trinajstić information content (AvgIpc) is 2.44. The van der Waals surface area contributed by atoms with Crippen LogP contribution in [-0.2, 0) is 0 Å². The fourth-order valence-corrected chi connectivity index (χ4v) is 11.5. The third kappa shape index (κ3) is 0.635. The molecule has 0 saturated heterocycles. The molecule has 21 heavy (non-hydrogen) atoms. The number of hydrogen-bond donors (Lipinski definition) is 0. The fourth-order valence-electron chi connectivity index (χ4n) is 11.5. The zero-order valence-corrected chi connectivity index (χ0v) is 15.0. The van der Waals surface area contributed by atoms with Gasteiger partial charge in [-0.15, -0.1) is 0 Å². The van der Waals surface area contributed by atoms with E-state index in [2.05, 4.69) is 48.5 Å². The molecule has 12 unspecified atom stereocenters. The lowest BCUT2D eigenvalue weighted by atomic mass is 8.99. The molecule has 6 aliphatic rings. The Hall–Kier alpha value is 0. The Labute approximate surface area is 130 Å². The summed E-state index contributed by atoms with van der Waals surface area (Å²) in [5.41, 5.74) is 3.40. The molecule has 0 heteroatoms. The van der Waals surface area contributed by atoms with Crippen molar-refractivity contribution in [2.45, 2.75) is 61.3 Å². The second-order valence-corrected chi connectivity index (χ2v) is 11.3. The molecule has 12 atom stereocenters. The van der Waals surface area contributed by atoms with Gasteiger partial charge in [0.2, 0.25) is 0 Å². The molecule has 6 fully saturated rings. The van der Waals surface area contributed by atoms with Crippen LogP contribution in [0, 0.1) is 68.5 Å². The minimum absolute atomic E-state index is 0.667. The summed E-state index contributed by atoms with van der Waals surface area (Å²) in [6.45, 7) is 18.6. The van der Waals surface area contributed by atoms with Crippen molar-refractivity contribution in [2.24, 2.45) is 68.5 Å². The molecule has 6 aliphatic carbocycles. The summed E-state index contributed by atoms with van der Waals surface area (Å²) < 4.78 is 0. The third-order valence-corrected chi connectivity index (χ3v) is 12.6. The van der Waals surface area contributed by atoms with Crippen LogP contribution < -0.4 is 0 Å². The molecule has 0 aromatic rings. The standard InChI is InChI=1S/C21H32/c1-10-9-17(3)13(10)15-16-14-12-8-11(2)18(12,4)20(14,6)21(16,7)19(15,17)5/h10-16H,8-9H2,1-7H3. The normalized spacial score (nSPS) is 85.0. The number of rotatable bonds is 0. The summed E-state index contributed by atoms with van der Waals surface area (Å²) in [6.07, 6.45) is 3.06. The minimum Gasteiger partial charge on any atom is -0.0622 e. The van der Waals surface area contributed by atoms with Gasteiger partial charge in [-0.1, -0.05) is 48.5 Å². The summed E-state index contributed by atoms with van der Waals surface area (Å²) in [4.78, 5) is 0. The highest BCUT2D eigenvalue weighted by Gasteiger charge is 3.01. The quantitative estimate of drug-likeness (QED) is 0.534. The van der Waals surface area contributed by atoms with E-state index in [-0.39, 0.29) is 0 Å². The van der Waals surface area contributed by atoms with E-state index in [1.807, 2.05) is 0 Å². The van der Waals surface area contributed by atoms with Crippen molar-refractivity contribution in [1.82, 2.24) is 0 Å². The highest BCUT2D eigenvalue weighted by Crippen LogP contribution is 3.05. The van der Waals surface area contributed by atoms with E-state index in [0.29, 0.717) is 27.1 Å². The molecule has 0 bridgehead atoms. The lowest BCUT2D eigenvalue weighted by Gasteiger charge is -3.05. The molecule has 0 amide bonds. The van der Waals surface area contributed by atoms with Crippen molar-refractivity contribution in [1.29, 1.82) is 0 Å². The molecule has 0 N–H and O–H groups in total. The van der Waals surface area contributed by atoms with Crippen molar-refractivity contribution in [3.63, 3.8) is 0 Å². The molecule has 116 valence electrons. The van der Waals surface area contributed by atoms with Gasteiger partial charge in [-0.25, -0.2) is 0 Å². The first-order valence-corrected chi connectivity index (χ1v) is 9.63. The summed E-state index contributed by atoms with van der Waals surface area (Å²) >= 11 is 0. The number of fused-ring (bicyclic) bond motifs is 13. The van der Waals surface area contributed by atoms with Gasteiger partial charge >= 0.3 is 0 Å². The first-order valence-electron chi connectivity index (χ1n) is 9.63. The van der Waals surface area contributed by atoms with E-state index >= 15 is 0 Å². The van der Waals surface area contributed by atoms with Gasteiger partial charge in [-0.05, 0) is 81.3 Å². The molecule has 0 radical (unpaired) electrons. The Morgan fingerprint density at radius 3 is 1.90 bits per heavy atom. The van der Waals surface area contributed by atoms with E-state index in [4.69, 9.17) is 0 Å². The predicted molar refractivity (Wildman–Crippen MR) is 85.5 cm³/mol. The predicted octanol–water partition coefficient (Wildman–Crippen LogP) is 5.23. The van der Waals surface area contributed by atoms with Crippen LogP contribution in [0.3, 0.4) is 0 Å². The molecule has 0 aliphatic heterocycles. The third-order valence-electron chi connectivity index (χ3n) is 12.6. The van der Waals surface area contributed by atoms with Crippen LogP contribution in [-0.4, -0.2) is 0 Å². The second kappa shape index (κ2) is 2.57. The summed E-state index contributed by atoms with van der Waals surface area (Å²) in [7, 11) is 0. The van der Waals surface area contributed by atoms with Gasteiger partial charge in [0.05, 0.1) is 0 Å². The van der Waals surface area contributed by atoms with Gasteiger partial charge in [-0.2, -0.15) is 0 Å². The maximum atomic E-state index is 2.74. The molecular formula is C21H32. The number of hydrogen-bond acceptors (Lipinski definition) is 0. The lowest BCUT2D eigenvalue weighted by molar-refractivity contribution is -0.585. The van der Waals surface area contributed by atoms with E-state index in [1.54, 1.807) is 6.42 Å². The highest BCUT2D eigenvalue weighted by atomic mass is 15.0. The average molecular weight is 284 g/mol. The molecule has 0 aromatic carbocycles. The Morgan fingerprint density at radius 2 is 1.33 bits per heavy atom. The first kappa shape index (κ1) is 12.4. The van der Waals surface area contributed by atoms with Crippen LogP contribution in [0.15, 0.2) is 0 Å². The van der Waals surface area contributed by atoms with Gasteiger partial charge in [0.1, 0.15) is 0 Å². The van der Waals surface area contributed by atoms with Crippen molar-refractivity contribution < 1.29 is 0 Å². The van der Waals surface area contributed by atoms with Gasteiger partial charge in [-0.3, -0.25) is 0 Å². The molecular weight excluding hydrogens is 252 g/mol. The molecule has 0 spiro atoms. The highest BCUT2D eigenvalue weighted by molar-refractivity contribution is 5.48. The van der Waals surface area contributed by atoms with E-state index in [0.717, 1.165) is 41.4 Å². The Balaban J connectivity index is 1.49.